The molecule has 5 nitrogen and oxygen atoms in total. The Morgan fingerprint density at radius 3 is 2.26 bits per heavy atom. The maximum atomic E-state index is 13.0. The fourth-order valence-corrected chi connectivity index (χ4v) is 6.01. The summed E-state index contributed by atoms with van der Waals surface area (Å²) in [5.41, 5.74) is 1.09. The second-order valence-electron chi connectivity index (χ2n) is 8.85. The topological polar surface area (TPSA) is 64.0 Å². The largest absolute Gasteiger partial charge is 0.345 e. The van der Waals surface area contributed by atoms with Crippen molar-refractivity contribution >= 4 is 5.91 Å². The van der Waals surface area contributed by atoms with Gasteiger partial charge in [0.25, 0.3) is 11.5 Å². The highest BCUT2D eigenvalue weighted by atomic mass is 16.2. The molecule has 27 heavy (non-hydrogen) atoms. The summed E-state index contributed by atoms with van der Waals surface area (Å²) in [5.74, 6) is 2.18. The number of carbonyl (C=O) groups excluding carboxylic acids is 1. The van der Waals surface area contributed by atoms with Gasteiger partial charge in [0.2, 0.25) is 0 Å². The monoisotopic (exact) mass is 363 g/mol. The van der Waals surface area contributed by atoms with E-state index in [1.165, 1.54) is 30.0 Å². The predicted octanol–water partition coefficient (Wildman–Crippen LogP) is 2.99. The first-order valence-corrected chi connectivity index (χ1v) is 10.0. The number of hydrogen-bond donors (Lipinski definition) is 1. The number of nitrogens with zero attached hydrogens (tertiary/aromatic N) is 2. The number of carbonyl (C=O) groups is 1. The van der Waals surface area contributed by atoms with Gasteiger partial charge in [0, 0.05) is 11.6 Å². The van der Waals surface area contributed by atoms with Crippen LogP contribution in [0.25, 0.3) is 0 Å². The molecule has 1 aromatic carbocycles. The molecule has 1 heterocycles. The molecule has 0 atom stereocenters. The van der Waals surface area contributed by atoms with Crippen LogP contribution in [0, 0.1) is 17.8 Å². The van der Waals surface area contributed by atoms with Crippen molar-refractivity contribution in [1.82, 2.24) is 15.1 Å². The Kier molecular flexibility index (Phi) is 3.92. The van der Waals surface area contributed by atoms with E-state index in [-0.39, 0.29) is 17.0 Å². The molecule has 0 unspecified atom stereocenters. The Morgan fingerprint density at radius 2 is 1.63 bits per heavy atom. The van der Waals surface area contributed by atoms with Crippen LogP contribution in [0.15, 0.2) is 47.3 Å². The SMILES string of the molecule is O=C(NC12CC3CC(CC(C3)C1)C2)c1ccc(=O)n(Cc2ccccc2)n1. The molecular weight excluding hydrogens is 338 g/mol. The Morgan fingerprint density at radius 1 is 1.00 bits per heavy atom. The van der Waals surface area contributed by atoms with Gasteiger partial charge in [0.15, 0.2) is 0 Å². The van der Waals surface area contributed by atoms with Crippen LogP contribution < -0.4 is 10.9 Å². The van der Waals surface area contributed by atoms with Crippen LogP contribution in [0.5, 0.6) is 0 Å². The molecule has 1 aromatic heterocycles. The Hall–Kier alpha value is -2.43. The van der Waals surface area contributed by atoms with Gasteiger partial charge in [-0.15, -0.1) is 0 Å². The standard InChI is InChI=1S/C22H25N3O2/c26-20-7-6-19(24-25(20)14-15-4-2-1-3-5-15)21(27)23-22-11-16-8-17(12-22)10-18(9-16)13-22/h1-7,16-18H,8-14H2,(H,23,27). The lowest BCUT2D eigenvalue weighted by atomic mass is 9.53. The average molecular weight is 363 g/mol. The molecule has 0 aliphatic heterocycles. The maximum Gasteiger partial charge on any atom is 0.272 e. The molecule has 0 radical (unpaired) electrons. The van der Waals surface area contributed by atoms with Crippen LogP contribution >= 0.6 is 0 Å². The Labute approximate surface area is 158 Å². The highest BCUT2D eigenvalue weighted by molar-refractivity contribution is 5.92. The minimum absolute atomic E-state index is 0.0477. The molecule has 4 aliphatic carbocycles. The zero-order chi connectivity index (χ0) is 18.4. The summed E-state index contributed by atoms with van der Waals surface area (Å²) in [4.78, 5) is 25.1. The lowest BCUT2D eigenvalue weighted by molar-refractivity contribution is -0.0168. The van der Waals surface area contributed by atoms with Crippen LogP contribution in [0.4, 0.5) is 0 Å². The summed E-state index contributed by atoms with van der Waals surface area (Å²) in [6, 6.07) is 12.7. The van der Waals surface area contributed by atoms with Crippen LogP contribution in [-0.4, -0.2) is 21.2 Å². The molecule has 0 saturated heterocycles. The van der Waals surface area contributed by atoms with Gasteiger partial charge in [-0.05, 0) is 67.9 Å². The van der Waals surface area contributed by atoms with E-state index in [2.05, 4.69) is 10.4 Å². The second kappa shape index (κ2) is 6.32. The first-order chi connectivity index (χ1) is 13.1. The van der Waals surface area contributed by atoms with Gasteiger partial charge in [-0.3, -0.25) is 9.59 Å². The van der Waals surface area contributed by atoms with Crippen molar-refractivity contribution in [3.63, 3.8) is 0 Å². The van der Waals surface area contributed by atoms with Gasteiger partial charge in [0.1, 0.15) is 5.69 Å². The molecule has 1 amide bonds. The van der Waals surface area contributed by atoms with E-state index in [0.29, 0.717) is 12.2 Å². The minimum Gasteiger partial charge on any atom is -0.345 e. The van der Waals surface area contributed by atoms with Crippen LogP contribution in [0.1, 0.15) is 54.6 Å². The molecule has 1 N–H and O–H groups in total. The summed E-state index contributed by atoms with van der Waals surface area (Å²) >= 11 is 0. The molecule has 4 aliphatic rings. The third-order valence-corrected chi connectivity index (χ3v) is 6.69. The third-order valence-electron chi connectivity index (χ3n) is 6.69. The molecule has 4 bridgehead atoms. The fourth-order valence-electron chi connectivity index (χ4n) is 6.01. The molecule has 0 spiro atoms. The first-order valence-electron chi connectivity index (χ1n) is 10.0. The number of aromatic nitrogens is 2. The van der Waals surface area contributed by atoms with E-state index in [1.54, 1.807) is 6.07 Å². The van der Waals surface area contributed by atoms with Crippen molar-refractivity contribution in [2.24, 2.45) is 17.8 Å². The number of nitrogens with one attached hydrogen (secondary N) is 1. The zero-order valence-electron chi connectivity index (χ0n) is 15.4. The quantitative estimate of drug-likeness (QED) is 0.908. The maximum absolute atomic E-state index is 13.0. The van der Waals surface area contributed by atoms with Crippen molar-refractivity contribution in [2.75, 3.05) is 0 Å². The number of amides is 1. The Balaban J connectivity index is 1.36. The van der Waals surface area contributed by atoms with Crippen molar-refractivity contribution < 1.29 is 4.79 Å². The molecule has 4 saturated carbocycles. The summed E-state index contributed by atoms with van der Waals surface area (Å²) in [6.07, 6.45) is 7.34. The fraction of sp³-hybridized carbons (Fsp3) is 0.500. The summed E-state index contributed by atoms with van der Waals surface area (Å²) < 4.78 is 1.38. The van der Waals surface area contributed by atoms with E-state index in [9.17, 15) is 9.59 Å². The van der Waals surface area contributed by atoms with Crippen molar-refractivity contribution in [3.05, 3.63) is 64.1 Å². The lowest BCUT2D eigenvalue weighted by Crippen LogP contribution is -2.60. The van der Waals surface area contributed by atoms with E-state index in [0.717, 1.165) is 42.6 Å². The number of hydrogen-bond acceptors (Lipinski definition) is 3. The highest BCUT2D eigenvalue weighted by Crippen LogP contribution is 2.55. The van der Waals surface area contributed by atoms with Crippen LogP contribution in [0.2, 0.25) is 0 Å². The number of benzene rings is 1. The van der Waals surface area contributed by atoms with E-state index < -0.39 is 0 Å². The van der Waals surface area contributed by atoms with Gasteiger partial charge >= 0.3 is 0 Å². The normalized spacial score (nSPS) is 31.0. The van der Waals surface area contributed by atoms with E-state index in [4.69, 9.17) is 0 Å². The van der Waals surface area contributed by atoms with Gasteiger partial charge in [-0.25, -0.2) is 4.68 Å². The summed E-state index contributed by atoms with van der Waals surface area (Å²) in [6.45, 7) is 0.373. The van der Waals surface area contributed by atoms with Crippen molar-refractivity contribution in [1.29, 1.82) is 0 Å². The predicted molar refractivity (Wildman–Crippen MR) is 102 cm³/mol. The molecule has 5 heteroatoms. The zero-order valence-corrected chi connectivity index (χ0v) is 15.4. The van der Waals surface area contributed by atoms with Gasteiger partial charge < -0.3 is 5.32 Å². The average Bonchev–Trinajstić information content (AvgIpc) is 2.63. The first kappa shape index (κ1) is 16.7. The second-order valence-corrected chi connectivity index (χ2v) is 8.85. The lowest BCUT2D eigenvalue weighted by Gasteiger charge is -2.56. The van der Waals surface area contributed by atoms with Crippen molar-refractivity contribution in [3.8, 4) is 0 Å². The van der Waals surface area contributed by atoms with Crippen LogP contribution in [0.3, 0.4) is 0 Å². The molecular formula is C22H25N3O2. The van der Waals surface area contributed by atoms with Gasteiger partial charge in [-0.2, -0.15) is 5.10 Å². The number of rotatable bonds is 4. The third kappa shape index (κ3) is 3.20. The van der Waals surface area contributed by atoms with Gasteiger partial charge in [0.05, 0.1) is 6.54 Å². The molecule has 6 rings (SSSR count). The minimum atomic E-state index is -0.190. The van der Waals surface area contributed by atoms with Crippen LogP contribution in [-0.2, 0) is 6.54 Å². The van der Waals surface area contributed by atoms with E-state index >= 15 is 0 Å². The smallest absolute Gasteiger partial charge is 0.272 e. The summed E-state index contributed by atoms with van der Waals surface area (Å²) in [5, 5.41) is 7.69. The summed E-state index contributed by atoms with van der Waals surface area (Å²) in [7, 11) is 0. The Bertz CT molecular complexity index is 883. The van der Waals surface area contributed by atoms with E-state index in [1.807, 2.05) is 30.3 Å². The molecule has 2 aromatic rings. The van der Waals surface area contributed by atoms with Gasteiger partial charge in [-0.1, -0.05) is 30.3 Å². The molecule has 4 fully saturated rings. The molecule has 140 valence electrons. The highest BCUT2D eigenvalue weighted by Gasteiger charge is 2.51. The van der Waals surface area contributed by atoms with Crippen molar-refractivity contribution in [2.45, 2.75) is 50.6 Å².